The van der Waals surface area contributed by atoms with Gasteiger partial charge in [-0.25, -0.2) is 8.42 Å². The highest BCUT2D eigenvalue weighted by Gasteiger charge is 2.31. The van der Waals surface area contributed by atoms with Gasteiger partial charge < -0.3 is 0 Å². The number of nitriles is 1. The number of carbonyl (C=O) groups is 2. The van der Waals surface area contributed by atoms with Crippen LogP contribution in [0.2, 0.25) is 0 Å². The van der Waals surface area contributed by atoms with Crippen LogP contribution in [-0.2, 0) is 24.8 Å². The number of carbonyl (C=O) groups excluding carboxylic acids is 2. The molecular weight excluding hydrogens is 378 g/mol. The topological polar surface area (TPSA) is 116 Å². The molecule has 0 unspecified atom stereocenters. The molecule has 1 aliphatic carbocycles. The first-order valence-corrected chi connectivity index (χ1v) is 10.7. The summed E-state index contributed by atoms with van der Waals surface area (Å²) in [6.07, 6.45) is 5.76. The van der Waals surface area contributed by atoms with Crippen LogP contribution < -0.4 is 10.9 Å². The van der Waals surface area contributed by atoms with E-state index >= 15 is 0 Å². The van der Waals surface area contributed by atoms with Gasteiger partial charge in [0.15, 0.2) is 0 Å². The second-order valence-electron chi connectivity index (χ2n) is 7.40. The van der Waals surface area contributed by atoms with Crippen molar-refractivity contribution in [1.29, 1.82) is 5.26 Å². The predicted octanol–water partition coefficient (Wildman–Crippen LogP) is 2.50. The van der Waals surface area contributed by atoms with Gasteiger partial charge in [0.05, 0.1) is 16.4 Å². The molecule has 0 spiro atoms. The largest absolute Gasteiger partial charge is 0.273 e. The summed E-state index contributed by atoms with van der Waals surface area (Å²) in [5.41, 5.74) is 4.62. The highest BCUT2D eigenvalue weighted by Crippen LogP contribution is 2.26. The summed E-state index contributed by atoms with van der Waals surface area (Å²) >= 11 is 0. The molecule has 0 aromatic heterocycles. The first-order chi connectivity index (χ1) is 13.2. The third-order valence-corrected chi connectivity index (χ3v) is 6.49. The van der Waals surface area contributed by atoms with E-state index in [2.05, 4.69) is 10.9 Å². The molecule has 0 bridgehead atoms. The fourth-order valence-electron chi connectivity index (χ4n) is 3.13. The Morgan fingerprint density at radius 3 is 2.29 bits per heavy atom. The van der Waals surface area contributed by atoms with E-state index in [9.17, 15) is 18.0 Å². The molecule has 150 valence electrons. The van der Waals surface area contributed by atoms with E-state index in [4.69, 9.17) is 5.26 Å². The molecule has 0 heterocycles. The lowest BCUT2D eigenvalue weighted by Gasteiger charge is -2.26. The highest BCUT2D eigenvalue weighted by atomic mass is 32.2. The summed E-state index contributed by atoms with van der Waals surface area (Å²) < 4.78 is 24.1. The van der Waals surface area contributed by atoms with Crippen molar-refractivity contribution in [2.24, 2.45) is 5.92 Å². The number of amides is 2. The van der Waals surface area contributed by atoms with Crippen molar-refractivity contribution < 1.29 is 18.0 Å². The highest BCUT2D eigenvalue weighted by molar-refractivity contribution is 7.94. The lowest BCUT2D eigenvalue weighted by molar-refractivity contribution is -0.133. The molecule has 0 saturated heterocycles. The smallest absolute Gasteiger partial charge is 0.248 e. The second-order valence-corrected chi connectivity index (χ2v) is 9.24. The zero-order valence-corrected chi connectivity index (χ0v) is 16.9. The first-order valence-electron chi connectivity index (χ1n) is 9.20. The van der Waals surface area contributed by atoms with Gasteiger partial charge in [0.1, 0.15) is 0 Å². The summed E-state index contributed by atoms with van der Waals surface area (Å²) in [6, 6.07) is 7.53. The Labute approximate surface area is 165 Å². The lowest BCUT2D eigenvalue weighted by atomic mass is 9.84. The molecule has 7 nitrogen and oxygen atoms in total. The molecule has 1 aromatic rings. The number of sulfone groups is 1. The van der Waals surface area contributed by atoms with E-state index in [0.29, 0.717) is 5.56 Å². The van der Waals surface area contributed by atoms with Gasteiger partial charge >= 0.3 is 0 Å². The fraction of sp³-hybridized carbons (Fsp3) is 0.450. The van der Waals surface area contributed by atoms with Crippen LogP contribution in [0.5, 0.6) is 0 Å². The molecule has 2 rings (SSSR count). The number of hydrazine groups is 1. The monoisotopic (exact) mass is 403 g/mol. The Bertz CT molecular complexity index is 890. The minimum atomic E-state index is -3.70. The molecule has 2 N–H and O–H groups in total. The van der Waals surface area contributed by atoms with E-state index in [1.165, 1.54) is 12.1 Å². The minimum absolute atomic E-state index is 0.0320. The summed E-state index contributed by atoms with van der Waals surface area (Å²) in [4.78, 5) is 24.8. The van der Waals surface area contributed by atoms with E-state index in [1.54, 1.807) is 32.0 Å². The number of rotatable bonds is 5. The van der Waals surface area contributed by atoms with Crippen molar-refractivity contribution in [3.8, 4) is 6.07 Å². The van der Waals surface area contributed by atoms with Crippen LogP contribution >= 0.6 is 0 Å². The van der Waals surface area contributed by atoms with Crippen LogP contribution in [0.4, 0.5) is 0 Å². The number of benzene rings is 1. The number of hydrogen-bond acceptors (Lipinski definition) is 5. The van der Waals surface area contributed by atoms with Gasteiger partial charge in [-0.15, -0.1) is 0 Å². The summed E-state index contributed by atoms with van der Waals surface area (Å²) in [7, 11) is -3.70. The molecular formula is C20H25N3O4S. The molecule has 8 heteroatoms. The standard InChI is InChI=1S/C20H25N3O4S/c1-20(2,19(25)23-22-18(24)15-7-4-3-5-8-15)16-9-11-17(12-10-16)28(26,27)14-6-13-21/h6,9-12,14-15H,3-5,7-8H2,1-2H3,(H,22,24)(H,23,25). The average molecular weight is 404 g/mol. The van der Waals surface area contributed by atoms with Crippen LogP contribution in [0, 0.1) is 17.2 Å². The van der Waals surface area contributed by atoms with E-state index in [-0.39, 0.29) is 16.7 Å². The zero-order valence-electron chi connectivity index (χ0n) is 16.1. The fourth-order valence-corrected chi connectivity index (χ4v) is 4.04. The molecule has 1 saturated carbocycles. The van der Waals surface area contributed by atoms with Crippen molar-refractivity contribution in [3.63, 3.8) is 0 Å². The lowest BCUT2D eigenvalue weighted by Crippen LogP contribution is -2.50. The second kappa shape index (κ2) is 9.02. The van der Waals surface area contributed by atoms with Crippen molar-refractivity contribution in [2.45, 2.75) is 56.3 Å². The Morgan fingerprint density at radius 2 is 1.71 bits per heavy atom. The van der Waals surface area contributed by atoms with Crippen molar-refractivity contribution in [1.82, 2.24) is 10.9 Å². The number of nitrogens with one attached hydrogen (secondary N) is 2. The van der Waals surface area contributed by atoms with Crippen molar-refractivity contribution in [2.75, 3.05) is 0 Å². The molecule has 0 aliphatic heterocycles. The van der Waals surface area contributed by atoms with Crippen LogP contribution in [0.25, 0.3) is 0 Å². The first kappa shape index (κ1) is 21.6. The Hall–Kier alpha value is -2.66. The maximum absolute atomic E-state index is 12.6. The Morgan fingerprint density at radius 1 is 1.11 bits per heavy atom. The minimum Gasteiger partial charge on any atom is -0.273 e. The van der Waals surface area contributed by atoms with Gasteiger partial charge in [0.2, 0.25) is 21.7 Å². The van der Waals surface area contributed by atoms with Crippen LogP contribution in [0.1, 0.15) is 51.5 Å². The van der Waals surface area contributed by atoms with Crippen LogP contribution in [-0.4, -0.2) is 20.2 Å². The quantitative estimate of drug-likeness (QED) is 0.579. The number of hydrogen-bond donors (Lipinski definition) is 2. The maximum atomic E-state index is 12.6. The molecule has 1 aliphatic rings. The van der Waals surface area contributed by atoms with Crippen LogP contribution in [0.15, 0.2) is 40.6 Å². The SMILES string of the molecule is CC(C)(C(=O)NNC(=O)C1CCCCC1)c1ccc(S(=O)(=O)C=CC#N)cc1. The van der Waals surface area contributed by atoms with Gasteiger partial charge in [-0.3, -0.25) is 20.4 Å². The van der Waals surface area contributed by atoms with E-state index in [0.717, 1.165) is 43.6 Å². The molecule has 0 radical (unpaired) electrons. The Kier molecular flexibility index (Phi) is 6.97. The Balaban J connectivity index is 2.04. The molecule has 2 amide bonds. The van der Waals surface area contributed by atoms with Gasteiger partial charge in [0, 0.05) is 17.4 Å². The molecule has 1 fully saturated rings. The van der Waals surface area contributed by atoms with Crippen LogP contribution in [0.3, 0.4) is 0 Å². The van der Waals surface area contributed by atoms with Crippen molar-refractivity contribution in [3.05, 3.63) is 41.3 Å². The van der Waals surface area contributed by atoms with Gasteiger partial charge in [-0.2, -0.15) is 5.26 Å². The third kappa shape index (κ3) is 5.20. The average Bonchev–Trinajstić information content (AvgIpc) is 2.70. The molecule has 1 aromatic carbocycles. The normalized spacial score (nSPS) is 15.8. The zero-order chi connectivity index (χ0) is 20.8. The summed E-state index contributed by atoms with van der Waals surface area (Å²) in [5, 5.41) is 9.32. The molecule has 0 atom stereocenters. The van der Waals surface area contributed by atoms with Gasteiger partial charge in [-0.05, 0) is 44.4 Å². The van der Waals surface area contributed by atoms with E-state index in [1.807, 2.05) is 0 Å². The predicted molar refractivity (Wildman–Crippen MR) is 104 cm³/mol. The summed E-state index contributed by atoms with van der Waals surface area (Å²) in [6.45, 7) is 3.38. The summed E-state index contributed by atoms with van der Waals surface area (Å²) in [5.74, 6) is -0.630. The number of allylic oxidation sites excluding steroid dienone is 1. The van der Waals surface area contributed by atoms with Gasteiger partial charge in [0.25, 0.3) is 0 Å². The van der Waals surface area contributed by atoms with E-state index < -0.39 is 21.2 Å². The number of nitrogens with zero attached hydrogens (tertiary/aromatic N) is 1. The maximum Gasteiger partial charge on any atom is 0.248 e. The third-order valence-electron chi connectivity index (χ3n) is 5.07. The van der Waals surface area contributed by atoms with Crippen molar-refractivity contribution >= 4 is 21.7 Å². The van der Waals surface area contributed by atoms with Gasteiger partial charge in [-0.1, -0.05) is 31.4 Å². The molecule has 28 heavy (non-hydrogen) atoms.